The largest absolute Gasteiger partial charge is 0.481 e. The molecule has 3 fully saturated rings. The van der Waals surface area contributed by atoms with Crippen molar-refractivity contribution in [2.24, 2.45) is 5.92 Å². The monoisotopic (exact) mass is 311 g/mol. The van der Waals surface area contributed by atoms with Gasteiger partial charge in [-0.15, -0.1) is 0 Å². The molecule has 0 aromatic rings. The van der Waals surface area contributed by atoms with E-state index in [1.54, 1.807) is 0 Å². The van der Waals surface area contributed by atoms with E-state index in [0.717, 1.165) is 19.3 Å². The molecule has 2 aliphatic carbocycles. The summed E-state index contributed by atoms with van der Waals surface area (Å²) in [6.45, 7) is 0.716. The van der Waals surface area contributed by atoms with Gasteiger partial charge in [0.05, 0.1) is 17.6 Å². The Labute approximate surface area is 130 Å². The van der Waals surface area contributed by atoms with Crippen LogP contribution < -0.4 is 5.32 Å². The van der Waals surface area contributed by atoms with E-state index in [0.29, 0.717) is 25.9 Å². The first-order valence-electron chi connectivity index (χ1n) is 8.34. The maximum absolute atomic E-state index is 12.0. The number of ether oxygens (including phenoxy) is 2. The standard InChI is InChI=1S/C16H25NO5/c18-14(10-21-13-3-1-2-4-13)17-12-5-6-22-16(9-12)7-11(8-16)15(19)20/h11-13H,1-10H2,(H,17,18)(H,19,20). The quantitative estimate of drug-likeness (QED) is 0.803. The molecule has 0 radical (unpaired) electrons. The van der Waals surface area contributed by atoms with Crippen molar-refractivity contribution in [3.05, 3.63) is 0 Å². The lowest BCUT2D eigenvalue weighted by Crippen LogP contribution is -2.56. The molecular weight excluding hydrogens is 286 g/mol. The fraction of sp³-hybridized carbons (Fsp3) is 0.875. The van der Waals surface area contributed by atoms with Crippen LogP contribution in [-0.4, -0.2) is 47.9 Å². The van der Waals surface area contributed by atoms with Gasteiger partial charge in [0.2, 0.25) is 5.91 Å². The zero-order valence-electron chi connectivity index (χ0n) is 12.9. The Balaban J connectivity index is 1.40. The molecule has 0 aromatic carbocycles. The van der Waals surface area contributed by atoms with E-state index >= 15 is 0 Å². The Morgan fingerprint density at radius 3 is 2.59 bits per heavy atom. The fourth-order valence-electron chi connectivity index (χ4n) is 3.97. The van der Waals surface area contributed by atoms with Gasteiger partial charge < -0.3 is 19.9 Å². The first-order valence-corrected chi connectivity index (χ1v) is 8.34. The Morgan fingerprint density at radius 2 is 1.91 bits per heavy atom. The van der Waals surface area contributed by atoms with Gasteiger partial charge >= 0.3 is 5.97 Å². The van der Waals surface area contributed by atoms with E-state index in [-0.39, 0.29) is 36.2 Å². The van der Waals surface area contributed by atoms with Gasteiger partial charge in [-0.25, -0.2) is 0 Å². The topological polar surface area (TPSA) is 84.9 Å². The highest BCUT2D eigenvalue weighted by Gasteiger charge is 2.51. The van der Waals surface area contributed by atoms with E-state index < -0.39 is 5.97 Å². The molecule has 3 aliphatic rings. The van der Waals surface area contributed by atoms with Crippen molar-refractivity contribution >= 4 is 11.9 Å². The summed E-state index contributed by atoms with van der Waals surface area (Å²) in [7, 11) is 0. The van der Waals surface area contributed by atoms with Crippen LogP contribution in [0.4, 0.5) is 0 Å². The lowest BCUT2D eigenvalue weighted by atomic mass is 9.66. The molecule has 1 aliphatic heterocycles. The number of carboxylic acid groups (broad SMARTS) is 1. The molecule has 0 bridgehead atoms. The van der Waals surface area contributed by atoms with Crippen molar-refractivity contribution in [2.45, 2.75) is 69.1 Å². The van der Waals surface area contributed by atoms with Crippen LogP contribution in [0.3, 0.4) is 0 Å². The first kappa shape index (κ1) is 15.7. The van der Waals surface area contributed by atoms with Gasteiger partial charge in [0, 0.05) is 12.6 Å². The summed E-state index contributed by atoms with van der Waals surface area (Å²) in [5.41, 5.74) is -0.328. The maximum Gasteiger partial charge on any atom is 0.306 e. The average molecular weight is 311 g/mol. The molecule has 1 atom stereocenters. The summed E-state index contributed by atoms with van der Waals surface area (Å²) < 4.78 is 11.4. The smallest absolute Gasteiger partial charge is 0.306 e. The minimum atomic E-state index is -0.745. The highest BCUT2D eigenvalue weighted by Crippen LogP contribution is 2.46. The van der Waals surface area contributed by atoms with Crippen LogP contribution in [-0.2, 0) is 19.1 Å². The van der Waals surface area contributed by atoms with Gasteiger partial charge in [0.25, 0.3) is 0 Å². The molecule has 1 saturated heterocycles. The molecule has 1 amide bonds. The molecule has 3 rings (SSSR count). The van der Waals surface area contributed by atoms with Crippen molar-refractivity contribution in [2.75, 3.05) is 13.2 Å². The van der Waals surface area contributed by atoms with Gasteiger partial charge in [0.1, 0.15) is 6.61 Å². The molecular formula is C16H25NO5. The van der Waals surface area contributed by atoms with Crippen LogP contribution in [0, 0.1) is 5.92 Å². The normalized spacial score (nSPS) is 35.3. The van der Waals surface area contributed by atoms with Gasteiger partial charge in [-0.1, -0.05) is 12.8 Å². The third-order valence-electron chi connectivity index (χ3n) is 5.20. The van der Waals surface area contributed by atoms with Crippen molar-refractivity contribution < 1.29 is 24.2 Å². The average Bonchev–Trinajstić information content (AvgIpc) is 2.96. The Kier molecular flexibility index (Phi) is 4.68. The number of rotatable bonds is 5. The molecule has 6 heteroatoms. The first-order chi connectivity index (χ1) is 10.6. The highest BCUT2D eigenvalue weighted by molar-refractivity contribution is 5.77. The predicted octanol–water partition coefficient (Wildman–Crippen LogP) is 1.47. The van der Waals surface area contributed by atoms with Crippen molar-refractivity contribution in [3.8, 4) is 0 Å². The zero-order chi connectivity index (χ0) is 15.6. The lowest BCUT2D eigenvalue weighted by molar-refractivity contribution is -0.182. The third kappa shape index (κ3) is 3.60. The zero-order valence-corrected chi connectivity index (χ0v) is 12.9. The minimum absolute atomic E-state index is 0.0666. The summed E-state index contributed by atoms with van der Waals surface area (Å²) in [5, 5.41) is 12.0. The number of carbonyl (C=O) groups is 2. The van der Waals surface area contributed by atoms with E-state index in [4.69, 9.17) is 14.6 Å². The molecule has 1 unspecified atom stereocenters. The predicted molar refractivity (Wildman–Crippen MR) is 78.4 cm³/mol. The minimum Gasteiger partial charge on any atom is -0.481 e. The molecule has 22 heavy (non-hydrogen) atoms. The summed E-state index contributed by atoms with van der Waals surface area (Å²) >= 11 is 0. The lowest BCUT2D eigenvalue weighted by Gasteiger charge is -2.50. The summed E-state index contributed by atoms with van der Waals surface area (Å²) in [5.74, 6) is -1.10. The fourth-order valence-corrected chi connectivity index (χ4v) is 3.97. The molecule has 0 aromatic heterocycles. The summed E-state index contributed by atoms with van der Waals surface area (Å²) in [4.78, 5) is 22.9. The number of carboxylic acids is 1. The molecule has 6 nitrogen and oxygen atoms in total. The number of hydrogen-bond donors (Lipinski definition) is 2. The Bertz CT molecular complexity index is 426. The number of nitrogens with one attached hydrogen (secondary N) is 1. The second kappa shape index (κ2) is 6.54. The van der Waals surface area contributed by atoms with E-state index in [1.165, 1.54) is 12.8 Å². The van der Waals surface area contributed by atoms with Crippen LogP contribution in [0.5, 0.6) is 0 Å². The number of amides is 1. The third-order valence-corrected chi connectivity index (χ3v) is 5.20. The second-order valence-electron chi connectivity index (χ2n) is 6.95. The van der Waals surface area contributed by atoms with Gasteiger partial charge in [0.15, 0.2) is 0 Å². The van der Waals surface area contributed by atoms with Crippen molar-refractivity contribution in [1.29, 1.82) is 0 Å². The molecule has 124 valence electrons. The van der Waals surface area contributed by atoms with Crippen molar-refractivity contribution in [3.63, 3.8) is 0 Å². The van der Waals surface area contributed by atoms with Crippen LogP contribution in [0.25, 0.3) is 0 Å². The number of carbonyl (C=O) groups excluding carboxylic acids is 1. The SMILES string of the molecule is O=C(COC1CCCC1)NC1CCOC2(C1)CC(C(=O)O)C2. The van der Waals surface area contributed by atoms with E-state index in [1.807, 2.05) is 0 Å². The van der Waals surface area contributed by atoms with Crippen LogP contribution in [0.15, 0.2) is 0 Å². The second-order valence-corrected chi connectivity index (χ2v) is 6.95. The van der Waals surface area contributed by atoms with Crippen LogP contribution >= 0.6 is 0 Å². The highest BCUT2D eigenvalue weighted by atomic mass is 16.5. The number of aliphatic carboxylic acids is 1. The van der Waals surface area contributed by atoms with Crippen LogP contribution in [0.1, 0.15) is 51.4 Å². The van der Waals surface area contributed by atoms with Crippen LogP contribution in [0.2, 0.25) is 0 Å². The van der Waals surface area contributed by atoms with E-state index in [9.17, 15) is 9.59 Å². The summed E-state index contributed by atoms with van der Waals surface area (Å²) in [6.07, 6.45) is 7.38. The van der Waals surface area contributed by atoms with Gasteiger partial charge in [-0.2, -0.15) is 0 Å². The van der Waals surface area contributed by atoms with Gasteiger partial charge in [-0.3, -0.25) is 9.59 Å². The molecule has 2 saturated carbocycles. The number of hydrogen-bond acceptors (Lipinski definition) is 4. The summed E-state index contributed by atoms with van der Waals surface area (Å²) in [6, 6.07) is 0.0724. The van der Waals surface area contributed by atoms with Crippen molar-refractivity contribution in [1.82, 2.24) is 5.32 Å². The van der Waals surface area contributed by atoms with E-state index in [2.05, 4.69) is 5.32 Å². The molecule has 2 N–H and O–H groups in total. The Morgan fingerprint density at radius 1 is 1.18 bits per heavy atom. The maximum atomic E-state index is 12.0. The molecule has 1 spiro atoms. The van der Waals surface area contributed by atoms with Gasteiger partial charge in [-0.05, 0) is 38.5 Å². The molecule has 1 heterocycles. The Hall–Kier alpha value is -1.14.